The third-order valence-corrected chi connectivity index (χ3v) is 7.91. The van der Waals surface area contributed by atoms with Gasteiger partial charge in [-0.15, -0.1) is 0 Å². The molecule has 7 nitrogen and oxygen atoms in total. The van der Waals surface area contributed by atoms with Crippen molar-refractivity contribution >= 4 is 34.4 Å². The Hall–Kier alpha value is -4.65. The van der Waals surface area contributed by atoms with E-state index >= 15 is 0 Å². The van der Waals surface area contributed by atoms with E-state index in [2.05, 4.69) is 10.6 Å². The fourth-order valence-corrected chi connectivity index (χ4v) is 5.35. The van der Waals surface area contributed by atoms with Gasteiger partial charge in [0, 0.05) is 17.6 Å². The van der Waals surface area contributed by atoms with E-state index in [9.17, 15) is 14.4 Å². The Morgan fingerprint density at radius 2 is 1.47 bits per heavy atom. The van der Waals surface area contributed by atoms with Crippen LogP contribution < -0.4 is 10.6 Å². The van der Waals surface area contributed by atoms with Gasteiger partial charge in [0.05, 0.1) is 0 Å². The van der Waals surface area contributed by atoms with E-state index in [0.29, 0.717) is 17.7 Å². The topological polar surface area (TPSA) is 87.7 Å². The van der Waals surface area contributed by atoms with E-state index in [0.717, 1.165) is 21.9 Å². The van der Waals surface area contributed by atoms with Crippen molar-refractivity contribution in [3.63, 3.8) is 0 Å². The summed E-state index contributed by atoms with van der Waals surface area (Å²) in [4.78, 5) is 44.0. The SMILES string of the molecule is CCC(C)(C)N(C(=O)C(Cc1ccccc1)NC(=O)OC(C)(C)C)C(C(=O)Nc1ccc2ccccc2c1)c1cccc(C)c1. The third kappa shape index (κ3) is 8.72. The van der Waals surface area contributed by atoms with Crippen LogP contribution in [0, 0.1) is 6.92 Å². The molecule has 45 heavy (non-hydrogen) atoms. The maximum atomic E-state index is 14.9. The summed E-state index contributed by atoms with van der Waals surface area (Å²) in [6.45, 7) is 13.2. The highest BCUT2D eigenvalue weighted by Crippen LogP contribution is 2.34. The first-order valence-electron chi connectivity index (χ1n) is 15.5. The number of nitrogens with one attached hydrogen (secondary N) is 2. The van der Waals surface area contributed by atoms with Gasteiger partial charge in [-0.1, -0.05) is 97.4 Å². The predicted octanol–water partition coefficient (Wildman–Crippen LogP) is 7.98. The third-order valence-electron chi connectivity index (χ3n) is 7.91. The van der Waals surface area contributed by atoms with E-state index in [1.807, 2.05) is 125 Å². The average Bonchev–Trinajstić information content (AvgIpc) is 2.98. The van der Waals surface area contributed by atoms with E-state index in [1.165, 1.54) is 0 Å². The van der Waals surface area contributed by atoms with Crippen molar-refractivity contribution in [3.05, 3.63) is 114 Å². The number of nitrogens with zero attached hydrogens (tertiary/aromatic N) is 1. The molecule has 0 saturated carbocycles. The summed E-state index contributed by atoms with van der Waals surface area (Å²) in [5, 5.41) is 8.00. The second kappa shape index (κ2) is 14.0. The molecule has 4 aromatic rings. The van der Waals surface area contributed by atoms with E-state index < -0.39 is 29.3 Å². The molecule has 0 spiro atoms. The molecular weight excluding hydrogens is 562 g/mol. The van der Waals surface area contributed by atoms with Crippen molar-refractivity contribution in [1.29, 1.82) is 0 Å². The number of carbonyl (C=O) groups excluding carboxylic acids is 3. The summed E-state index contributed by atoms with van der Waals surface area (Å²) >= 11 is 0. The monoisotopic (exact) mass is 607 g/mol. The zero-order valence-electron chi connectivity index (χ0n) is 27.4. The molecule has 0 aliphatic rings. The zero-order valence-corrected chi connectivity index (χ0v) is 27.4. The summed E-state index contributed by atoms with van der Waals surface area (Å²) < 4.78 is 5.57. The lowest BCUT2D eigenvalue weighted by atomic mass is 9.90. The number of rotatable bonds is 10. The molecule has 0 saturated heterocycles. The number of hydrogen-bond donors (Lipinski definition) is 2. The molecule has 2 atom stereocenters. The highest BCUT2D eigenvalue weighted by molar-refractivity contribution is 6.00. The lowest BCUT2D eigenvalue weighted by Gasteiger charge is -2.44. The Kier molecular flexibility index (Phi) is 10.3. The Bertz CT molecular complexity index is 1640. The van der Waals surface area contributed by atoms with Crippen molar-refractivity contribution in [2.75, 3.05) is 5.32 Å². The minimum atomic E-state index is -0.992. The van der Waals surface area contributed by atoms with Gasteiger partial charge in [0.2, 0.25) is 5.91 Å². The number of fused-ring (bicyclic) bond motifs is 1. The Balaban J connectivity index is 1.80. The first-order valence-corrected chi connectivity index (χ1v) is 15.5. The molecule has 236 valence electrons. The Morgan fingerprint density at radius 1 is 0.800 bits per heavy atom. The molecule has 0 aromatic heterocycles. The first kappa shape index (κ1) is 33.2. The highest BCUT2D eigenvalue weighted by Gasteiger charge is 2.43. The molecule has 2 unspecified atom stereocenters. The molecule has 0 fully saturated rings. The zero-order chi connectivity index (χ0) is 32.8. The van der Waals surface area contributed by atoms with E-state index in [4.69, 9.17) is 4.74 Å². The van der Waals surface area contributed by atoms with Crippen LogP contribution in [-0.4, -0.2) is 40.0 Å². The van der Waals surface area contributed by atoms with Crippen molar-refractivity contribution in [2.24, 2.45) is 0 Å². The Labute approximate surface area is 267 Å². The molecule has 0 aliphatic carbocycles. The average molecular weight is 608 g/mol. The first-order chi connectivity index (χ1) is 21.3. The summed E-state index contributed by atoms with van der Waals surface area (Å²) in [6, 6.07) is 28.9. The molecule has 0 bridgehead atoms. The number of aryl methyl sites for hydroxylation is 1. The van der Waals surface area contributed by atoms with Crippen LogP contribution in [0.4, 0.5) is 10.5 Å². The lowest BCUT2D eigenvalue weighted by molar-refractivity contribution is -0.147. The molecule has 0 radical (unpaired) electrons. The molecule has 3 amide bonds. The summed E-state index contributed by atoms with van der Waals surface area (Å²) in [5.74, 6) is -0.724. The van der Waals surface area contributed by atoms with Gasteiger partial charge in [-0.25, -0.2) is 4.79 Å². The van der Waals surface area contributed by atoms with Crippen LogP contribution in [0.1, 0.15) is 70.7 Å². The minimum absolute atomic E-state index is 0.224. The standard InChI is InChI=1S/C38H45N3O4/c1-8-38(6,7)41(35(43)32(24-27-16-10-9-11-17-27)40-36(44)45-37(3,4)5)33(30-20-14-15-26(2)23-30)34(42)39-31-22-21-28-18-12-13-19-29(28)25-31/h9-23,25,32-33H,8,24H2,1-7H3,(H,39,42)(H,40,44). The van der Waals surface area contributed by atoms with Crippen LogP contribution >= 0.6 is 0 Å². The number of alkyl carbamates (subject to hydrolysis) is 1. The molecule has 0 heterocycles. The molecule has 7 heteroatoms. The van der Waals surface area contributed by atoms with Gasteiger partial charge in [-0.05, 0) is 82.0 Å². The maximum Gasteiger partial charge on any atom is 0.408 e. The number of benzene rings is 4. The summed E-state index contributed by atoms with van der Waals surface area (Å²) in [7, 11) is 0. The van der Waals surface area contributed by atoms with Gasteiger partial charge >= 0.3 is 6.09 Å². The van der Waals surface area contributed by atoms with Crippen LogP contribution in [0.25, 0.3) is 10.8 Å². The number of ether oxygens (including phenoxy) is 1. The van der Waals surface area contributed by atoms with Crippen molar-refractivity contribution in [1.82, 2.24) is 10.2 Å². The smallest absolute Gasteiger partial charge is 0.408 e. The lowest BCUT2D eigenvalue weighted by Crippen LogP contribution is -2.59. The number of hydrogen-bond acceptors (Lipinski definition) is 4. The number of anilines is 1. The van der Waals surface area contributed by atoms with Gasteiger partial charge in [-0.2, -0.15) is 0 Å². The Morgan fingerprint density at radius 3 is 2.11 bits per heavy atom. The number of carbonyl (C=O) groups is 3. The largest absolute Gasteiger partial charge is 0.444 e. The second-order valence-electron chi connectivity index (χ2n) is 13.1. The maximum absolute atomic E-state index is 14.9. The van der Waals surface area contributed by atoms with Crippen LogP contribution in [0.15, 0.2) is 97.1 Å². The van der Waals surface area contributed by atoms with Crippen LogP contribution in [0.5, 0.6) is 0 Å². The summed E-state index contributed by atoms with van der Waals surface area (Å²) in [6.07, 6.45) is 0.0929. The quantitative estimate of drug-likeness (QED) is 0.191. The van der Waals surface area contributed by atoms with Crippen molar-refractivity contribution in [2.45, 2.75) is 84.5 Å². The predicted molar refractivity (Wildman–Crippen MR) is 181 cm³/mol. The van der Waals surface area contributed by atoms with E-state index in [1.54, 1.807) is 25.7 Å². The molecule has 4 aromatic carbocycles. The minimum Gasteiger partial charge on any atom is -0.444 e. The van der Waals surface area contributed by atoms with Gasteiger partial charge in [0.1, 0.15) is 17.7 Å². The molecule has 2 N–H and O–H groups in total. The van der Waals surface area contributed by atoms with Gasteiger partial charge in [0.15, 0.2) is 0 Å². The highest BCUT2D eigenvalue weighted by atomic mass is 16.6. The molecule has 0 aliphatic heterocycles. The fourth-order valence-electron chi connectivity index (χ4n) is 5.35. The van der Waals surface area contributed by atoms with Crippen LogP contribution in [-0.2, 0) is 20.7 Å². The van der Waals surface area contributed by atoms with Crippen LogP contribution in [0.2, 0.25) is 0 Å². The van der Waals surface area contributed by atoms with Gasteiger partial charge in [0.25, 0.3) is 5.91 Å². The van der Waals surface area contributed by atoms with Crippen molar-refractivity contribution in [3.8, 4) is 0 Å². The van der Waals surface area contributed by atoms with Crippen molar-refractivity contribution < 1.29 is 19.1 Å². The van der Waals surface area contributed by atoms with Crippen LogP contribution in [0.3, 0.4) is 0 Å². The van der Waals surface area contributed by atoms with E-state index in [-0.39, 0.29) is 18.2 Å². The molecular formula is C38H45N3O4. The summed E-state index contributed by atoms with van der Waals surface area (Å²) in [5.41, 5.74) is 1.62. The fraction of sp³-hybridized carbons (Fsp3) is 0.342. The second-order valence-corrected chi connectivity index (χ2v) is 13.1. The molecule has 4 rings (SSSR count). The normalized spacial score (nSPS) is 13.0. The number of amides is 3. The van der Waals surface area contributed by atoms with Gasteiger partial charge in [-0.3, -0.25) is 9.59 Å². The van der Waals surface area contributed by atoms with Gasteiger partial charge < -0.3 is 20.3 Å².